The van der Waals surface area contributed by atoms with E-state index < -0.39 is 17.5 Å². The first-order valence-corrected chi connectivity index (χ1v) is 6.69. The number of carboxylic acids is 1. The molecule has 6 nitrogen and oxygen atoms in total. The number of hydrogen-bond acceptors (Lipinski definition) is 3. The van der Waals surface area contributed by atoms with Crippen LogP contribution in [0.3, 0.4) is 0 Å². The van der Waals surface area contributed by atoms with Crippen molar-refractivity contribution in [3.63, 3.8) is 0 Å². The molecule has 1 rings (SSSR count). The fourth-order valence-electron chi connectivity index (χ4n) is 1.90. The van der Waals surface area contributed by atoms with Crippen LogP contribution in [0, 0.1) is 0 Å². The largest absolute Gasteiger partial charge is 0.480 e. The topological polar surface area (TPSA) is 72.9 Å². The second-order valence-corrected chi connectivity index (χ2v) is 5.99. The summed E-state index contributed by atoms with van der Waals surface area (Å²) in [7, 11) is 3.76. The number of nitrogens with zero attached hydrogens (tertiary/aromatic N) is 2. The van der Waals surface area contributed by atoms with Gasteiger partial charge in [-0.1, -0.05) is 12.1 Å². The predicted molar refractivity (Wildman–Crippen MR) is 83.9 cm³/mol. The zero-order valence-corrected chi connectivity index (χ0v) is 13.2. The molecule has 0 saturated carbocycles. The minimum Gasteiger partial charge on any atom is -0.480 e. The van der Waals surface area contributed by atoms with Crippen LogP contribution in [0.4, 0.5) is 16.2 Å². The van der Waals surface area contributed by atoms with Crippen LogP contribution in [0.5, 0.6) is 0 Å². The molecule has 0 saturated heterocycles. The molecular weight excluding hydrogens is 270 g/mol. The van der Waals surface area contributed by atoms with Gasteiger partial charge in [0.2, 0.25) is 0 Å². The Morgan fingerprint density at radius 3 is 2.24 bits per heavy atom. The highest BCUT2D eigenvalue weighted by Gasteiger charge is 2.28. The summed E-state index contributed by atoms with van der Waals surface area (Å²) in [6.07, 6.45) is 0. The van der Waals surface area contributed by atoms with E-state index in [2.05, 4.69) is 5.32 Å². The molecule has 0 fully saturated rings. The molecule has 0 spiro atoms. The average molecular weight is 293 g/mol. The van der Waals surface area contributed by atoms with Gasteiger partial charge in [-0.25, -0.2) is 4.79 Å². The van der Waals surface area contributed by atoms with E-state index in [-0.39, 0.29) is 6.54 Å². The van der Waals surface area contributed by atoms with E-state index in [1.807, 2.05) is 37.2 Å². The highest BCUT2D eigenvalue weighted by molar-refractivity contribution is 5.95. The van der Waals surface area contributed by atoms with Crippen molar-refractivity contribution >= 4 is 23.4 Å². The number of aliphatic carboxylic acids is 1. The Kier molecular flexibility index (Phi) is 5.18. The number of urea groups is 1. The maximum atomic E-state index is 12.4. The zero-order valence-electron chi connectivity index (χ0n) is 13.2. The molecule has 1 aromatic rings. The Hall–Kier alpha value is -2.24. The number of carbonyl (C=O) groups excluding carboxylic acids is 1. The highest BCUT2D eigenvalue weighted by Crippen LogP contribution is 2.24. The molecule has 0 aromatic heterocycles. The molecule has 0 bridgehead atoms. The molecule has 0 aliphatic carbocycles. The van der Waals surface area contributed by atoms with Crippen LogP contribution in [0.1, 0.15) is 20.8 Å². The van der Waals surface area contributed by atoms with Crippen molar-refractivity contribution in [2.45, 2.75) is 26.3 Å². The van der Waals surface area contributed by atoms with Gasteiger partial charge in [-0.2, -0.15) is 0 Å². The predicted octanol–water partition coefficient (Wildman–Crippen LogP) is 2.47. The molecule has 116 valence electrons. The van der Waals surface area contributed by atoms with Crippen LogP contribution < -0.4 is 10.2 Å². The molecule has 2 amide bonds. The summed E-state index contributed by atoms with van der Waals surface area (Å²) in [6.45, 7) is 5.05. The van der Waals surface area contributed by atoms with Crippen molar-refractivity contribution in [3.8, 4) is 0 Å². The minimum atomic E-state index is -1.04. The maximum Gasteiger partial charge on any atom is 0.323 e. The lowest BCUT2D eigenvalue weighted by Crippen LogP contribution is -2.50. The Morgan fingerprint density at radius 1 is 1.19 bits per heavy atom. The van der Waals surface area contributed by atoms with E-state index in [1.54, 1.807) is 26.8 Å². The molecule has 0 heterocycles. The number of benzene rings is 1. The first kappa shape index (κ1) is 16.8. The number of nitrogens with one attached hydrogen (secondary N) is 1. The Morgan fingerprint density at radius 2 is 1.76 bits per heavy atom. The molecule has 1 aromatic carbocycles. The molecule has 0 aliphatic heterocycles. The van der Waals surface area contributed by atoms with Crippen LogP contribution in [-0.4, -0.2) is 48.2 Å². The zero-order chi connectivity index (χ0) is 16.2. The van der Waals surface area contributed by atoms with Crippen molar-refractivity contribution in [2.24, 2.45) is 0 Å². The monoisotopic (exact) mass is 293 g/mol. The van der Waals surface area contributed by atoms with Gasteiger partial charge in [0.05, 0.1) is 11.4 Å². The third-order valence-electron chi connectivity index (χ3n) is 2.98. The summed E-state index contributed by atoms with van der Waals surface area (Å²) >= 11 is 0. The van der Waals surface area contributed by atoms with E-state index in [1.165, 1.54) is 4.90 Å². The summed E-state index contributed by atoms with van der Waals surface area (Å²) in [5.74, 6) is -1.04. The first-order valence-electron chi connectivity index (χ1n) is 6.69. The summed E-state index contributed by atoms with van der Waals surface area (Å²) in [6, 6.07) is 6.94. The molecule has 0 radical (unpaired) electrons. The summed E-state index contributed by atoms with van der Waals surface area (Å²) < 4.78 is 0. The van der Waals surface area contributed by atoms with Crippen molar-refractivity contribution in [2.75, 3.05) is 30.9 Å². The molecule has 2 N–H and O–H groups in total. The van der Waals surface area contributed by atoms with Crippen LogP contribution >= 0.6 is 0 Å². The second kappa shape index (κ2) is 6.47. The average Bonchev–Trinajstić information content (AvgIpc) is 2.34. The van der Waals surface area contributed by atoms with Gasteiger partial charge in [0, 0.05) is 19.6 Å². The standard InChI is InChI=1S/C15H23N3O3/c1-15(2,3)18(10-13(19)20)14(21)16-11-8-6-7-9-12(11)17(4)5/h6-9H,10H2,1-5H3,(H,16,21)(H,19,20). The van der Waals surface area contributed by atoms with E-state index in [4.69, 9.17) is 5.11 Å². The molecule has 21 heavy (non-hydrogen) atoms. The Balaban J connectivity index is 3.00. The summed E-state index contributed by atoms with van der Waals surface area (Å²) in [5, 5.41) is 11.8. The van der Waals surface area contributed by atoms with Gasteiger partial charge in [-0.05, 0) is 32.9 Å². The molecule has 6 heteroatoms. The fraction of sp³-hybridized carbons (Fsp3) is 0.467. The molecular formula is C15H23N3O3. The highest BCUT2D eigenvalue weighted by atomic mass is 16.4. The number of amides is 2. The molecule has 0 aliphatic rings. The fourth-order valence-corrected chi connectivity index (χ4v) is 1.90. The van der Waals surface area contributed by atoms with Gasteiger partial charge in [0.1, 0.15) is 6.54 Å². The summed E-state index contributed by atoms with van der Waals surface area (Å²) in [5.41, 5.74) is 0.914. The van der Waals surface area contributed by atoms with E-state index in [0.717, 1.165) is 5.69 Å². The number of carbonyl (C=O) groups is 2. The van der Waals surface area contributed by atoms with Gasteiger partial charge in [0.15, 0.2) is 0 Å². The molecule has 0 atom stereocenters. The number of hydrogen-bond donors (Lipinski definition) is 2. The van der Waals surface area contributed by atoms with Crippen molar-refractivity contribution in [1.29, 1.82) is 0 Å². The number of carboxylic acid groups (broad SMARTS) is 1. The Labute approximate surface area is 125 Å². The lowest BCUT2D eigenvalue weighted by molar-refractivity contribution is -0.138. The van der Waals surface area contributed by atoms with Gasteiger partial charge in [-0.15, -0.1) is 0 Å². The smallest absolute Gasteiger partial charge is 0.323 e. The van der Waals surface area contributed by atoms with Crippen molar-refractivity contribution in [3.05, 3.63) is 24.3 Å². The van der Waals surface area contributed by atoms with Gasteiger partial charge >= 0.3 is 12.0 Å². The van der Waals surface area contributed by atoms with Crippen LogP contribution in [-0.2, 0) is 4.79 Å². The van der Waals surface area contributed by atoms with Gasteiger partial charge < -0.3 is 20.2 Å². The second-order valence-electron chi connectivity index (χ2n) is 5.99. The first-order chi connectivity index (χ1) is 9.62. The Bertz CT molecular complexity index is 521. The molecule has 0 unspecified atom stereocenters. The number of rotatable bonds is 4. The van der Waals surface area contributed by atoms with Crippen LogP contribution in [0.15, 0.2) is 24.3 Å². The van der Waals surface area contributed by atoms with Crippen molar-refractivity contribution < 1.29 is 14.7 Å². The van der Waals surface area contributed by atoms with Gasteiger partial charge in [0.25, 0.3) is 0 Å². The normalized spacial score (nSPS) is 10.9. The maximum absolute atomic E-state index is 12.4. The quantitative estimate of drug-likeness (QED) is 0.894. The summed E-state index contributed by atoms with van der Waals surface area (Å²) in [4.78, 5) is 26.5. The lowest BCUT2D eigenvalue weighted by atomic mass is 10.1. The van der Waals surface area contributed by atoms with E-state index >= 15 is 0 Å². The third kappa shape index (κ3) is 4.66. The number of para-hydroxylation sites is 2. The minimum absolute atomic E-state index is 0.348. The van der Waals surface area contributed by atoms with Crippen molar-refractivity contribution in [1.82, 2.24) is 4.90 Å². The lowest BCUT2D eigenvalue weighted by Gasteiger charge is -2.34. The van der Waals surface area contributed by atoms with Crippen LogP contribution in [0.25, 0.3) is 0 Å². The SMILES string of the molecule is CN(C)c1ccccc1NC(=O)N(CC(=O)O)C(C)(C)C. The van der Waals surface area contributed by atoms with Gasteiger partial charge in [-0.3, -0.25) is 4.79 Å². The van der Waals surface area contributed by atoms with E-state index in [9.17, 15) is 9.59 Å². The van der Waals surface area contributed by atoms with E-state index in [0.29, 0.717) is 5.69 Å². The number of anilines is 2. The third-order valence-corrected chi connectivity index (χ3v) is 2.98. The van der Waals surface area contributed by atoms with Crippen LogP contribution in [0.2, 0.25) is 0 Å².